The molecule has 0 radical (unpaired) electrons. The van der Waals surface area contributed by atoms with Crippen LogP contribution in [0.4, 0.5) is 4.39 Å². The van der Waals surface area contributed by atoms with Crippen LogP contribution in [0.2, 0.25) is 0 Å². The Kier molecular flexibility index (Phi) is 3.84. The molecule has 1 unspecified atom stereocenters. The van der Waals surface area contributed by atoms with E-state index in [1.165, 1.54) is 12.1 Å². The molecule has 0 aliphatic carbocycles. The lowest BCUT2D eigenvalue weighted by Crippen LogP contribution is -2.12. The van der Waals surface area contributed by atoms with Crippen molar-refractivity contribution in [1.82, 2.24) is 0 Å². The second kappa shape index (κ2) is 4.69. The largest absolute Gasteiger partial charge is 0.396 e. The molecule has 1 rings (SSSR count). The Bertz CT molecular complexity index is 273. The molecule has 0 saturated heterocycles. The van der Waals surface area contributed by atoms with Gasteiger partial charge in [0.05, 0.1) is 0 Å². The Morgan fingerprint density at radius 1 is 1.46 bits per heavy atom. The molecular formula is C9H11BrFNO. The lowest BCUT2D eigenvalue weighted by atomic mass is 10.1. The number of halogens is 2. The maximum absolute atomic E-state index is 12.9. The third-order valence-corrected chi connectivity index (χ3v) is 2.21. The SMILES string of the molecule is NC(CCO)c1cc(F)cc(Br)c1. The summed E-state index contributed by atoms with van der Waals surface area (Å²) in [7, 11) is 0. The van der Waals surface area contributed by atoms with Gasteiger partial charge in [-0.25, -0.2) is 4.39 Å². The van der Waals surface area contributed by atoms with Gasteiger partial charge >= 0.3 is 0 Å². The van der Waals surface area contributed by atoms with Crippen molar-refractivity contribution in [3.05, 3.63) is 34.1 Å². The van der Waals surface area contributed by atoms with Crippen LogP contribution in [0.1, 0.15) is 18.0 Å². The third kappa shape index (κ3) is 3.06. The minimum atomic E-state index is -0.322. The van der Waals surface area contributed by atoms with E-state index in [9.17, 15) is 4.39 Å². The van der Waals surface area contributed by atoms with Gasteiger partial charge in [-0.15, -0.1) is 0 Å². The van der Waals surface area contributed by atoms with E-state index in [2.05, 4.69) is 15.9 Å². The van der Waals surface area contributed by atoms with Gasteiger partial charge in [-0.1, -0.05) is 15.9 Å². The molecule has 0 aliphatic rings. The summed E-state index contributed by atoms with van der Waals surface area (Å²) in [5.74, 6) is -0.322. The van der Waals surface area contributed by atoms with Gasteiger partial charge in [-0.2, -0.15) is 0 Å². The lowest BCUT2D eigenvalue weighted by molar-refractivity contribution is 0.276. The Labute approximate surface area is 84.7 Å². The fraction of sp³-hybridized carbons (Fsp3) is 0.333. The van der Waals surface area contributed by atoms with Gasteiger partial charge in [0.2, 0.25) is 0 Å². The zero-order valence-corrected chi connectivity index (χ0v) is 8.59. The second-order valence-corrected chi connectivity index (χ2v) is 3.74. The smallest absolute Gasteiger partial charge is 0.124 e. The van der Waals surface area contributed by atoms with Gasteiger partial charge in [-0.05, 0) is 30.2 Å². The van der Waals surface area contributed by atoms with Crippen LogP contribution in [-0.4, -0.2) is 11.7 Å². The summed E-state index contributed by atoms with van der Waals surface area (Å²) in [6.45, 7) is 0.00923. The predicted octanol–water partition coefficient (Wildman–Crippen LogP) is 1.97. The van der Waals surface area contributed by atoms with Gasteiger partial charge in [0.15, 0.2) is 0 Å². The van der Waals surface area contributed by atoms with Crippen LogP contribution in [0.3, 0.4) is 0 Å². The molecule has 0 spiro atoms. The fourth-order valence-corrected chi connectivity index (χ4v) is 1.58. The summed E-state index contributed by atoms with van der Waals surface area (Å²) in [6.07, 6.45) is 0.440. The first-order valence-electron chi connectivity index (χ1n) is 3.96. The molecule has 1 aromatic carbocycles. The maximum Gasteiger partial charge on any atom is 0.124 e. The molecule has 2 nitrogen and oxygen atoms in total. The van der Waals surface area contributed by atoms with Crippen LogP contribution in [0.25, 0.3) is 0 Å². The topological polar surface area (TPSA) is 46.2 Å². The standard InChI is InChI=1S/C9H11BrFNO/c10-7-3-6(4-8(11)5-7)9(12)1-2-13/h3-5,9,13H,1-2,12H2. The molecule has 0 bridgehead atoms. The van der Waals surface area contributed by atoms with Crippen LogP contribution in [-0.2, 0) is 0 Å². The van der Waals surface area contributed by atoms with Crippen LogP contribution in [0.5, 0.6) is 0 Å². The number of hydrogen-bond acceptors (Lipinski definition) is 2. The molecule has 72 valence electrons. The normalized spacial score (nSPS) is 12.9. The Morgan fingerprint density at radius 3 is 2.69 bits per heavy atom. The van der Waals surface area contributed by atoms with Crippen molar-refractivity contribution in [2.75, 3.05) is 6.61 Å². The van der Waals surface area contributed by atoms with Gasteiger partial charge < -0.3 is 10.8 Å². The molecule has 1 atom stereocenters. The van der Waals surface area contributed by atoms with Crippen molar-refractivity contribution in [2.45, 2.75) is 12.5 Å². The van der Waals surface area contributed by atoms with Crippen LogP contribution in [0, 0.1) is 5.82 Å². The summed E-state index contributed by atoms with van der Waals surface area (Å²) in [5, 5.41) is 8.65. The number of nitrogens with two attached hydrogens (primary N) is 1. The maximum atomic E-state index is 12.9. The van der Waals surface area contributed by atoms with E-state index in [1.54, 1.807) is 6.07 Å². The third-order valence-electron chi connectivity index (χ3n) is 1.75. The van der Waals surface area contributed by atoms with E-state index >= 15 is 0 Å². The fourth-order valence-electron chi connectivity index (χ4n) is 1.09. The van der Waals surface area contributed by atoms with E-state index in [4.69, 9.17) is 10.8 Å². The molecule has 0 amide bonds. The van der Waals surface area contributed by atoms with Crippen LogP contribution in [0.15, 0.2) is 22.7 Å². The summed E-state index contributed by atoms with van der Waals surface area (Å²) in [5.41, 5.74) is 6.39. The van der Waals surface area contributed by atoms with Crippen molar-refractivity contribution in [2.24, 2.45) is 5.73 Å². The monoisotopic (exact) mass is 247 g/mol. The van der Waals surface area contributed by atoms with Crippen molar-refractivity contribution >= 4 is 15.9 Å². The average Bonchev–Trinajstić information content (AvgIpc) is 2.03. The molecule has 0 heterocycles. The second-order valence-electron chi connectivity index (χ2n) is 2.82. The van der Waals surface area contributed by atoms with E-state index in [0.717, 1.165) is 0 Å². The van der Waals surface area contributed by atoms with Gasteiger partial charge in [0.25, 0.3) is 0 Å². The van der Waals surface area contributed by atoms with Crippen LogP contribution >= 0.6 is 15.9 Å². The molecule has 4 heteroatoms. The first kappa shape index (κ1) is 10.6. The quantitative estimate of drug-likeness (QED) is 0.858. The molecule has 3 N–H and O–H groups in total. The average molecular weight is 248 g/mol. The Balaban J connectivity index is 2.87. The van der Waals surface area contributed by atoms with Crippen molar-refractivity contribution in [1.29, 1.82) is 0 Å². The minimum Gasteiger partial charge on any atom is -0.396 e. The van der Waals surface area contributed by atoms with Gasteiger partial charge in [0, 0.05) is 17.1 Å². The first-order valence-corrected chi connectivity index (χ1v) is 4.75. The zero-order valence-electron chi connectivity index (χ0n) is 7.00. The highest BCUT2D eigenvalue weighted by Gasteiger charge is 2.07. The molecule has 0 saturated carbocycles. The van der Waals surface area contributed by atoms with Gasteiger partial charge in [-0.3, -0.25) is 0 Å². The first-order chi connectivity index (χ1) is 6.13. The Hall–Kier alpha value is -0.450. The molecule has 0 aliphatic heterocycles. The highest BCUT2D eigenvalue weighted by atomic mass is 79.9. The van der Waals surface area contributed by atoms with E-state index in [0.29, 0.717) is 16.5 Å². The molecule has 0 aromatic heterocycles. The number of rotatable bonds is 3. The summed E-state index contributed by atoms with van der Waals surface area (Å²) in [6, 6.07) is 4.20. The molecular weight excluding hydrogens is 237 g/mol. The van der Waals surface area contributed by atoms with E-state index in [1.807, 2.05) is 0 Å². The Morgan fingerprint density at radius 2 is 2.15 bits per heavy atom. The van der Waals surface area contributed by atoms with Crippen molar-refractivity contribution in [3.8, 4) is 0 Å². The van der Waals surface area contributed by atoms with Gasteiger partial charge in [0.1, 0.15) is 5.82 Å². The minimum absolute atomic E-state index is 0.00923. The summed E-state index contributed by atoms with van der Waals surface area (Å²) < 4.78 is 13.5. The molecule has 0 fully saturated rings. The predicted molar refractivity (Wildman–Crippen MR) is 52.7 cm³/mol. The highest BCUT2D eigenvalue weighted by molar-refractivity contribution is 9.10. The zero-order chi connectivity index (χ0) is 9.84. The van der Waals surface area contributed by atoms with Crippen LogP contribution < -0.4 is 5.73 Å². The van der Waals surface area contributed by atoms with E-state index in [-0.39, 0.29) is 18.5 Å². The lowest BCUT2D eigenvalue weighted by Gasteiger charge is -2.10. The number of aliphatic hydroxyl groups excluding tert-OH is 1. The highest BCUT2D eigenvalue weighted by Crippen LogP contribution is 2.20. The number of benzene rings is 1. The summed E-state index contributed by atoms with van der Waals surface area (Å²) in [4.78, 5) is 0. The van der Waals surface area contributed by atoms with E-state index < -0.39 is 0 Å². The number of aliphatic hydroxyl groups is 1. The van der Waals surface area contributed by atoms with Crippen molar-refractivity contribution in [3.63, 3.8) is 0 Å². The number of hydrogen-bond donors (Lipinski definition) is 2. The summed E-state index contributed by atoms with van der Waals surface area (Å²) >= 11 is 3.17. The van der Waals surface area contributed by atoms with Crippen molar-refractivity contribution < 1.29 is 9.50 Å². The molecule has 1 aromatic rings. The molecule has 13 heavy (non-hydrogen) atoms.